The molecule has 1 aromatic carbocycles. The lowest BCUT2D eigenvalue weighted by Gasteiger charge is -2.28. The second-order valence-corrected chi connectivity index (χ2v) is 4.85. The minimum absolute atomic E-state index is 0.427. The summed E-state index contributed by atoms with van der Waals surface area (Å²) in [5.41, 5.74) is 7.76. The molecule has 2 bridgehead atoms. The van der Waals surface area contributed by atoms with E-state index in [1.807, 2.05) is 0 Å². The van der Waals surface area contributed by atoms with Crippen LogP contribution in [-0.4, -0.2) is 6.04 Å². The number of hydrogen-bond donors (Lipinski definition) is 1. The summed E-state index contributed by atoms with van der Waals surface area (Å²) in [6, 6.07) is 11.3. The second-order valence-electron chi connectivity index (χ2n) is 4.85. The van der Waals surface area contributed by atoms with E-state index in [-0.39, 0.29) is 0 Å². The Morgan fingerprint density at radius 3 is 2.36 bits per heavy atom. The molecule has 2 aliphatic rings. The van der Waals surface area contributed by atoms with Crippen LogP contribution in [0.25, 0.3) is 0 Å². The first-order valence-electron chi connectivity index (χ1n) is 5.67. The number of nitrogens with two attached hydrogens (primary N) is 1. The molecule has 0 amide bonds. The Balaban J connectivity index is 1.93. The van der Waals surface area contributed by atoms with Crippen LogP contribution < -0.4 is 5.73 Å². The van der Waals surface area contributed by atoms with Crippen molar-refractivity contribution < 1.29 is 0 Å². The monoisotopic (exact) mass is 187 g/mol. The zero-order valence-electron chi connectivity index (χ0n) is 8.39. The average Bonchev–Trinajstić information content (AvgIpc) is 2.79. The van der Waals surface area contributed by atoms with E-state index in [9.17, 15) is 0 Å². The van der Waals surface area contributed by atoms with Crippen molar-refractivity contribution in [3.05, 3.63) is 35.9 Å². The molecule has 74 valence electrons. The van der Waals surface area contributed by atoms with Crippen LogP contribution in [0, 0.1) is 11.8 Å². The van der Waals surface area contributed by atoms with Crippen molar-refractivity contribution in [2.75, 3.05) is 0 Å². The molecule has 1 nitrogen and oxygen atoms in total. The third-order valence-corrected chi connectivity index (χ3v) is 4.17. The molecule has 3 rings (SSSR count). The number of benzene rings is 1. The fourth-order valence-corrected chi connectivity index (χ4v) is 3.51. The van der Waals surface area contributed by atoms with Gasteiger partial charge in [-0.2, -0.15) is 0 Å². The van der Waals surface area contributed by atoms with Crippen LogP contribution in [0.1, 0.15) is 30.7 Å². The summed E-state index contributed by atoms with van der Waals surface area (Å²) in [4.78, 5) is 0. The maximum Gasteiger partial charge on any atom is 0.0139 e. The first kappa shape index (κ1) is 8.49. The SMILES string of the molecule is N[C@H]1[C@H]2CC[C@@H](C2)[C@H]1c1ccccc1. The predicted molar refractivity (Wildman–Crippen MR) is 58.0 cm³/mol. The van der Waals surface area contributed by atoms with Gasteiger partial charge in [0.25, 0.3) is 0 Å². The van der Waals surface area contributed by atoms with Crippen molar-refractivity contribution >= 4 is 0 Å². The van der Waals surface area contributed by atoms with Gasteiger partial charge in [-0.1, -0.05) is 30.3 Å². The van der Waals surface area contributed by atoms with Crippen molar-refractivity contribution in [3.63, 3.8) is 0 Å². The predicted octanol–water partition coefficient (Wildman–Crippen LogP) is 2.53. The molecule has 0 saturated heterocycles. The molecular formula is C13H17N. The van der Waals surface area contributed by atoms with Gasteiger partial charge in [0, 0.05) is 12.0 Å². The first-order chi connectivity index (χ1) is 6.86. The van der Waals surface area contributed by atoms with E-state index in [0.29, 0.717) is 12.0 Å². The molecular weight excluding hydrogens is 170 g/mol. The van der Waals surface area contributed by atoms with Gasteiger partial charge in [-0.15, -0.1) is 0 Å². The van der Waals surface area contributed by atoms with Gasteiger partial charge in [0.15, 0.2) is 0 Å². The van der Waals surface area contributed by atoms with Crippen LogP contribution >= 0.6 is 0 Å². The summed E-state index contributed by atoms with van der Waals surface area (Å²) in [7, 11) is 0. The average molecular weight is 187 g/mol. The van der Waals surface area contributed by atoms with Crippen LogP contribution in [0.3, 0.4) is 0 Å². The highest BCUT2D eigenvalue weighted by Crippen LogP contribution is 2.51. The fraction of sp³-hybridized carbons (Fsp3) is 0.538. The van der Waals surface area contributed by atoms with Gasteiger partial charge in [0.05, 0.1) is 0 Å². The lowest BCUT2D eigenvalue weighted by atomic mass is 9.80. The van der Waals surface area contributed by atoms with E-state index in [1.165, 1.54) is 24.8 Å². The number of rotatable bonds is 1. The molecule has 0 aromatic heterocycles. The third-order valence-electron chi connectivity index (χ3n) is 4.17. The van der Waals surface area contributed by atoms with Gasteiger partial charge in [0.2, 0.25) is 0 Å². The van der Waals surface area contributed by atoms with E-state index in [1.54, 1.807) is 0 Å². The Morgan fingerprint density at radius 1 is 1.00 bits per heavy atom. The minimum Gasteiger partial charge on any atom is -0.327 e. The summed E-state index contributed by atoms with van der Waals surface area (Å²) in [6.45, 7) is 0. The largest absolute Gasteiger partial charge is 0.327 e. The van der Waals surface area contributed by atoms with E-state index in [2.05, 4.69) is 30.3 Å². The topological polar surface area (TPSA) is 26.0 Å². The van der Waals surface area contributed by atoms with Crippen molar-refractivity contribution in [1.82, 2.24) is 0 Å². The van der Waals surface area contributed by atoms with Gasteiger partial charge in [-0.3, -0.25) is 0 Å². The smallest absolute Gasteiger partial charge is 0.0139 e. The molecule has 0 aliphatic heterocycles. The standard InChI is InChI=1S/C13H17N/c14-13-11-7-6-10(8-11)12(13)9-4-2-1-3-5-9/h1-5,10-13H,6-8,14H2/t10-,11-,12+,13-/m0/s1. The molecule has 2 aliphatic carbocycles. The lowest BCUT2D eigenvalue weighted by molar-refractivity contribution is 0.366. The van der Waals surface area contributed by atoms with Crippen molar-refractivity contribution in [1.29, 1.82) is 0 Å². The first-order valence-corrected chi connectivity index (χ1v) is 5.67. The highest BCUT2D eigenvalue weighted by molar-refractivity contribution is 5.25. The summed E-state index contributed by atoms with van der Waals surface area (Å²) < 4.78 is 0. The van der Waals surface area contributed by atoms with Gasteiger partial charge in [-0.25, -0.2) is 0 Å². The second kappa shape index (κ2) is 3.09. The molecule has 14 heavy (non-hydrogen) atoms. The number of fused-ring (bicyclic) bond motifs is 2. The summed E-state index contributed by atoms with van der Waals surface area (Å²) in [5.74, 6) is 2.33. The maximum absolute atomic E-state index is 6.30. The lowest BCUT2D eigenvalue weighted by Crippen LogP contribution is -2.33. The van der Waals surface area contributed by atoms with Crippen LogP contribution in [0.5, 0.6) is 0 Å². The van der Waals surface area contributed by atoms with E-state index >= 15 is 0 Å². The van der Waals surface area contributed by atoms with E-state index in [4.69, 9.17) is 5.73 Å². The van der Waals surface area contributed by atoms with Crippen LogP contribution in [0.15, 0.2) is 30.3 Å². The molecule has 1 aromatic rings. The normalized spacial score (nSPS) is 40.4. The minimum atomic E-state index is 0.427. The van der Waals surface area contributed by atoms with E-state index in [0.717, 1.165) is 11.8 Å². The zero-order chi connectivity index (χ0) is 9.54. The summed E-state index contributed by atoms with van der Waals surface area (Å²) >= 11 is 0. The molecule has 1 heteroatoms. The van der Waals surface area contributed by atoms with Crippen LogP contribution in [0.2, 0.25) is 0 Å². The Hall–Kier alpha value is -0.820. The quantitative estimate of drug-likeness (QED) is 0.718. The zero-order valence-corrected chi connectivity index (χ0v) is 8.39. The van der Waals surface area contributed by atoms with Crippen molar-refractivity contribution in [2.24, 2.45) is 17.6 Å². The summed E-state index contributed by atoms with van der Waals surface area (Å²) in [6.07, 6.45) is 4.15. The maximum atomic E-state index is 6.30. The van der Waals surface area contributed by atoms with Gasteiger partial charge < -0.3 is 5.73 Å². The molecule has 0 unspecified atom stereocenters. The van der Waals surface area contributed by atoms with Crippen molar-refractivity contribution in [2.45, 2.75) is 31.2 Å². The van der Waals surface area contributed by atoms with E-state index < -0.39 is 0 Å². The highest BCUT2D eigenvalue weighted by Gasteiger charge is 2.46. The van der Waals surface area contributed by atoms with Gasteiger partial charge >= 0.3 is 0 Å². The fourth-order valence-electron chi connectivity index (χ4n) is 3.51. The Bertz CT molecular complexity index is 317. The Kier molecular flexibility index (Phi) is 1.88. The molecule has 2 N–H and O–H groups in total. The summed E-state index contributed by atoms with van der Waals surface area (Å²) in [5, 5.41) is 0. The molecule has 2 saturated carbocycles. The third kappa shape index (κ3) is 1.12. The molecule has 2 fully saturated rings. The number of hydrogen-bond acceptors (Lipinski definition) is 1. The van der Waals surface area contributed by atoms with Gasteiger partial charge in [-0.05, 0) is 36.7 Å². The van der Waals surface area contributed by atoms with Gasteiger partial charge in [0.1, 0.15) is 0 Å². The molecule has 0 heterocycles. The Morgan fingerprint density at radius 2 is 1.71 bits per heavy atom. The van der Waals surface area contributed by atoms with Crippen molar-refractivity contribution in [3.8, 4) is 0 Å². The highest BCUT2D eigenvalue weighted by atomic mass is 14.7. The molecule has 0 spiro atoms. The molecule has 0 radical (unpaired) electrons. The van der Waals surface area contributed by atoms with Crippen LogP contribution in [0.4, 0.5) is 0 Å². The molecule has 4 atom stereocenters. The van der Waals surface area contributed by atoms with Crippen LogP contribution in [-0.2, 0) is 0 Å². The Labute approximate surface area is 85.3 Å².